The summed E-state index contributed by atoms with van der Waals surface area (Å²) in [6.07, 6.45) is 0.712. The summed E-state index contributed by atoms with van der Waals surface area (Å²) in [4.78, 5) is 64.5. The summed E-state index contributed by atoms with van der Waals surface area (Å²) in [5, 5.41) is 0.0375. The fraction of sp³-hybridized carbons (Fsp3) is 0.500. The fourth-order valence-corrected chi connectivity index (χ4v) is 4.71. The molecule has 10 nitrogen and oxygen atoms in total. The number of aryl methyl sites for hydroxylation is 2. The molecule has 0 saturated carbocycles. The molecule has 3 amide bonds. The Balaban J connectivity index is 1.69. The fourth-order valence-electron chi connectivity index (χ4n) is 3.93. The number of likely N-dealkylation sites (tertiary alicyclic amines) is 1. The Morgan fingerprint density at radius 1 is 1.14 bits per heavy atom. The van der Waals surface area contributed by atoms with E-state index in [1.807, 2.05) is 6.92 Å². The third-order valence-corrected chi connectivity index (χ3v) is 6.30. The molecule has 154 valence electrons. The zero-order valence-corrected chi connectivity index (χ0v) is 17.2. The van der Waals surface area contributed by atoms with Crippen LogP contribution in [0.1, 0.15) is 23.8 Å². The molecule has 29 heavy (non-hydrogen) atoms. The highest BCUT2D eigenvalue weighted by atomic mass is 32.2. The third-order valence-electron chi connectivity index (χ3n) is 5.46. The number of aromatic nitrogens is 3. The van der Waals surface area contributed by atoms with Crippen LogP contribution in [0.2, 0.25) is 0 Å². The number of carbonyl (C=O) groups is 3. The van der Waals surface area contributed by atoms with Crippen molar-refractivity contribution in [2.75, 3.05) is 18.8 Å². The van der Waals surface area contributed by atoms with Gasteiger partial charge in [0.25, 0.3) is 16.7 Å². The van der Waals surface area contributed by atoms with Crippen LogP contribution in [0.15, 0.2) is 15.7 Å². The topological polar surface area (TPSA) is 107 Å². The zero-order valence-electron chi connectivity index (χ0n) is 16.4. The number of imide groups is 1. The van der Waals surface area contributed by atoms with E-state index in [4.69, 9.17) is 0 Å². The molecule has 0 N–H and O–H groups in total. The smallest absolute Gasteiger partial charge is 0.332 e. The largest absolute Gasteiger partial charge is 0.333 e. The number of rotatable bonds is 4. The quantitative estimate of drug-likeness (QED) is 0.689. The molecule has 2 saturated heterocycles. The second-order valence-corrected chi connectivity index (χ2v) is 8.23. The van der Waals surface area contributed by atoms with E-state index in [0.29, 0.717) is 29.7 Å². The van der Waals surface area contributed by atoms with Gasteiger partial charge < -0.3 is 9.47 Å². The van der Waals surface area contributed by atoms with Crippen LogP contribution in [-0.2, 0) is 25.4 Å². The molecule has 2 aromatic rings. The van der Waals surface area contributed by atoms with Crippen molar-refractivity contribution in [1.29, 1.82) is 0 Å². The Bertz CT molecular complexity index is 1150. The lowest BCUT2D eigenvalue weighted by atomic mass is 10.1. The predicted octanol–water partition coefficient (Wildman–Crippen LogP) is -0.0315. The summed E-state index contributed by atoms with van der Waals surface area (Å²) < 4.78 is 4.10. The van der Waals surface area contributed by atoms with E-state index in [1.54, 1.807) is 16.5 Å². The summed E-state index contributed by atoms with van der Waals surface area (Å²) in [6, 6.07) is 1.22. The average molecular weight is 419 g/mol. The lowest BCUT2D eigenvalue weighted by molar-refractivity contribution is -0.128. The molecule has 0 atom stereocenters. The van der Waals surface area contributed by atoms with Crippen molar-refractivity contribution in [3.8, 4) is 0 Å². The Hall–Kier alpha value is -2.82. The predicted molar refractivity (Wildman–Crippen MR) is 107 cm³/mol. The molecule has 0 spiro atoms. The van der Waals surface area contributed by atoms with E-state index < -0.39 is 11.2 Å². The normalized spacial score (nSPS) is 17.5. The standard InChI is InChI=1S/C18H21N5O5S/c1-4-5-22-12(6-11-14(22)19(2)17(27)20(3)15(11)25)16(26)21-7-10(8-21)23-13(24)9-29-18(23)28/h6,10H,4-5,7-9H2,1-3H3. The molecule has 0 aliphatic carbocycles. The Kier molecular flexibility index (Phi) is 4.64. The van der Waals surface area contributed by atoms with Crippen LogP contribution < -0.4 is 11.2 Å². The van der Waals surface area contributed by atoms with Gasteiger partial charge in [0.1, 0.15) is 11.3 Å². The molecule has 0 bridgehead atoms. The van der Waals surface area contributed by atoms with Gasteiger partial charge in [-0.05, 0) is 12.5 Å². The summed E-state index contributed by atoms with van der Waals surface area (Å²) in [5.41, 5.74) is -0.156. The SMILES string of the molecule is CCCn1c(C(=O)N2CC(N3C(=O)CSC3=O)C2)cc2c(=O)n(C)c(=O)n(C)c21. The minimum Gasteiger partial charge on any atom is -0.333 e. The number of hydrogen-bond acceptors (Lipinski definition) is 6. The van der Waals surface area contributed by atoms with Gasteiger partial charge in [-0.25, -0.2) is 4.79 Å². The van der Waals surface area contributed by atoms with Crippen LogP contribution in [0.25, 0.3) is 11.0 Å². The maximum atomic E-state index is 13.1. The van der Waals surface area contributed by atoms with Gasteiger partial charge >= 0.3 is 5.69 Å². The van der Waals surface area contributed by atoms with Gasteiger partial charge in [0, 0.05) is 33.7 Å². The average Bonchev–Trinajstić information content (AvgIpc) is 3.19. The van der Waals surface area contributed by atoms with Gasteiger partial charge in [-0.1, -0.05) is 18.7 Å². The maximum Gasteiger partial charge on any atom is 0.332 e. The lowest BCUT2D eigenvalue weighted by Gasteiger charge is -2.42. The van der Waals surface area contributed by atoms with Gasteiger partial charge in [-0.3, -0.25) is 33.2 Å². The van der Waals surface area contributed by atoms with Crippen molar-refractivity contribution in [1.82, 2.24) is 23.5 Å². The first-order chi connectivity index (χ1) is 13.8. The van der Waals surface area contributed by atoms with E-state index in [9.17, 15) is 24.0 Å². The number of amides is 3. The summed E-state index contributed by atoms with van der Waals surface area (Å²) in [6.45, 7) is 2.95. The van der Waals surface area contributed by atoms with Crippen LogP contribution in [0.3, 0.4) is 0 Å². The molecule has 0 unspecified atom stereocenters. The molecular weight excluding hydrogens is 398 g/mol. The minimum atomic E-state index is -0.454. The molecule has 0 aromatic carbocycles. The van der Waals surface area contributed by atoms with Gasteiger partial charge in [0.15, 0.2) is 0 Å². The van der Waals surface area contributed by atoms with E-state index >= 15 is 0 Å². The Morgan fingerprint density at radius 3 is 2.41 bits per heavy atom. The van der Waals surface area contributed by atoms with Crippen LogP contribution in [-0.4, -0.2) is 65.4 Å². The van der Waals surface area contributed by atoms with E-state index in [1.165, 1.54) is 22.6 Å². The molecule has 2 aliphatic rings. The molecule has 2 aromatic heterocycles. The number of fused-ring (bicyclic) bond motifs is 1. The summed E-state index contributed by atoms with van der Waals surface area (Å²) >= 11 is 0.975. The number of hydrogen-bond donors (Lipinski definition) is 0. The highest BCUT2D eigenvalue weighted by molar-refractivity contribution is 8.14. The first-order valence-electron chi connectivity index (χ1n) is 9.33. The summed E-state index contributed by atoms with van der Waals surface area (Å²) in [5.74, 6) is -0.367. The van der Waals surface area contributed by atoms with Gasteiger partial charge in [-0.15, -0.1) is 0 Å². The lowest BCUT2D eigenvalue weighted by Crippen LogP contribution is -2.62. The molecule has 11 heteroatoms. The highest BCUT2D eigenvalue weighted by Gasteiger charge is 2.44. The van der Waals surface area contributed by atoms with Crippen molar-refractivity contribution in [2.45, 2.75) is 25.9 Å². The Labute approximate surface area is 169 Å². The molecule has 0 radical (unpaired) electrons. The highest BCUT2D eigenvalue weighted by Crippen LogP contribution is 2.28. The molecule has 2 aliphatic heterocycles. The van der Waals surface area contributed by atoms with Gasteiger partial charge in [0.05, 0.1) is 17.2 Å². The van der Waals surface area contributed by atoms with E-state index in [0.717, 1.165) is 16.3 Å². The molecule has 4 heterocycles. The Morgan fingerprint density at radius 2 is 1.83 bits per heavy atom. The minimum absolute atomic E-state index is 0.144. The number of thioether (sulfide) groups is 1. The number of nitrogens with zero attached hydrogens (tertiary/aromatic N) is 5. The second-order valence-electron chi connectivity index (χ2n) is 7.31. The van der Waals surface area contributed by atoms with Crippen LogP contribution in [0.4, 0.5) is 4.79 Å². The number of carbonyl (C=O) groups excluding carboxylic acids is 3. The molecule has 2 fully saturated rings. The second kappa shape index (κ2) is 6.90. The third kappa shape index (κ3) is 2.83. The summed E-state index contributed by atoms with van der Waals surface area (Å²) in [7, 11) is 2.98. The zero-order chi connectivity index (χ0) is 21.0. The van der Waals surface area contributed by atoms with Crippen LogP contribution in [0.5, 0.6) is 0 Å². The van der Waals surface area contributed by atoms with Crippen LogP contribution in [0, 0.1) is 0 Å². The van der Waals surface area contributed by atoms with Crippen molar-refractivity contribution in [2.24, 2.45) is 14.1 Å². The van der Waals surface area contributed by atoms with Crippen LogP contribution >= 0.6 is 11.8 Å². The van der Waals surface area contributed by atoms with Crippen molar-refractivity contribution in [3.63, 3.8) is 0 Å². The maximum absolute atomic E-state index is 13.1. The molecule has 4 rings (SSSR count). The first kappa shape index (κ1) is 19.5. The van der Waals surface area contributed by atoms with Crippen molar-refractivity contribution >= 4 is 39.8 Å². The molecular formula is C18H21N5O5S. The van der Waals surface area contributed by atoms with Crippen molar-refractivity contribution in [3.05, 3.63) is 32.6 Å². The van der Waals surface area contributed by atoms with Crippen molar-refractivity contribution < 1.29 is 14.4 Å². The first-order valence-corrected chi connectivity index (χ1v) is 10.3. The van der Waals surface area contributed by atoms with Gasteiger partial charge in [-0.2, -0.15) is 0 Å². The van der Waals surface area contributed by atoms with E-state index in [2.05, 4.69) is 0 Å². The van der Waals surface area contributed by atoms with E-state index in [-0.39, 0.29) is 41.9 Å². The monoisotopic (exact) mass is 419 g/mol. The van der Waals surface area contributed by atoms with Gasteiger partial charge in [0.2, 0.25) is 5.91 Å².